The molecular weight excluding hydrogens is 467 g/mol. The number of alkyl halides is 3. The van der Waals surface area contributed by atoms with Gasteiger partial charge in [-0.2, -0.15) is 13.2 Å². The van der Waals surface area contributed by atoms with Gasteiger partial charge in [-0.05, 0) is 55.3 Å². The van der Waals surface area contributed by atoms with Gasteiger partial charge >= 0.3 is 12.1 Å². The highest BCUT2D eigenvalue weighted by molar-refractivity contribution is 5.98. The Bertz CT molecular complexity index is 1090. The van der Waals surface area contributed by atoms with Crippen LogP contribution < -0.4 is 15.5 Å². The van der Waals surface area contributed by atoms with Crippen LogP contribution in [-0.4, -0.2) is 50.7 Å². The molecule has 2 N–H and O–H groups in total. The minimum Gasteiger partial charge on any atom is -0.452 e. The van der Waals surface area contributed by atoms with Crippen molar-refractivity contribution in [2.45, 2.75) is 19.0 Å². The van der Waals surface area contributed by atoms with Crippen molar-refractivity contribution < 1.29 is 37.0 Å². The van der Waals surface area contributed by atoms with E-state index in [0.717, 1.165) is 25.0 Å². The van der Waals surface area contributed by atoms with E-state index in [1.165, 1.54) is 18.2 Å². The van der Waals surface area contributed by atoms with Crippen LogP contribution in [0, 0.1) is 5.92 Å². The van der Waals surface area contributed by atoms with E-state index in [2.05, 4.69) is 10.6 Å². The highest BCUT2D eigenvalue weighted by atomic mass is 19.4. The number of benzene rings is 2. The summed E-state index contributed by atoms with van der Waals surface area (Å²) in [4.78, 5) is 38.3. The summed E-state index contributed by atoms with van der Waals surface area (Å²) in [6.45, 7) is 1.06. The average molecular weight is 491 g/mol. The molecular formula is C24H24F3N3O5. The van der Waals surface area contributed by atoms with Gasteiger partial charge in [0.15, 0.2) is 6.61 Å². The van der Waals surface area contributed by atoms with Crippen molar-refractivity contribution in [3.63, 3.8) is 0 Å². The van der Waals surface area contributed by atoms with Gasteiger partial charge in [-0.25, -0.2) is 4.79 Å². The molecule has 1 heterocycles. The second kappa shape index (κ2) is 10.3. The lowest BCUT2D eigenvalue weighted by Crippen LogP contribution is -2.37. The lowest BCUT2D eigenvalue weighted by molar-refractivity contribution is -0.137. The Balaban J connectivity index is 1.37. The van der Waals surface area contributed by atoms with Gasteiger partial charge in [-0.3, -0.25) is 9.59 Å². The first kappa shape index (κ1) is 24.5. The lowest BCUT2D eigenvalue weighted by Gasteiger charge is -2.31. The van der Waals surface area contributed by atoms with E-state index in [-0.39, 0.29) is 23.1 Å². The summed E-state index contributed by atoms with van der Waals surface area (Å²) in [6.07, 6.45) is -2.85. The summed E-state index contributed by atoms with van der Waals surface area (Å²) >= 11 is 0. The van der Waals surface area contributed by atoms with Gasteiger partial charge in [0.25, 0.3) is 5.91 Å². The maximum atomic E-state index is 13.2. The molecule has 1 saturated heterocycles. The largest absolute Gasteiger partial charge is 0.452 e. The molecule has 1 saturated carbocycles. The van der Waals surface area contributed by atoms with E-state index >= 15 is 0 Å². The zero-order chi connectivity index (χ0) is 25.0. The first-order valence-corrected chi connectivity index (χ1v) is 11.1. The maximum Gasteiger partial charge on any atom is 0.416 e. The van der Waals surface area contributed by atoms with E-state index in [1.807, 2.05) is 4.90 Å². The second-order valence-electron chi connectivity index (χ2n) is 8.29. The fourth-order valence-corrected chi connectivity index (χ4v) is 3.57. The third kappa shape index (κ3) is 6.50. The fourth-order valence-electron chi connectivity index (χ4n) is 3.57. The highest BCUT2D eigenvalue weighted by Crippen LogP contribution is 2.36. The number of amides is 2. The molecule has 8 nitrogen and oxygen atoms in total. The van der Waals surface area contributed by atoms with Gasteiger partial charge in [0.2, 0.25) is 5.91 Å². The minimum atomic E-state index is -4.58. The van der Waals surface area contributed by atoms with E-state index in [0.29, 0.717) is 37.7 Å². The molecule has 2 fully saturated rings. The number of hydrogen-bond donors (Lipinski definition) is 2. The number of esters is 1. The van der Waals surface area contributed by atoms with Gasteiger partial charge in [0.05, 0.1) is 35.7 Å². The molecule has 0 radical (unpaired) electrons. The zero-order valence-corrected chi connectivity index (χ0v) is 18.7. The topological polar surface area (TPSA) is 97.0 Å². The van der Waals surface area contributed by atoms with Crippen LogP contribution >= 0.6 is 0 Å². The Kier molecular flexibility index (Phi) is 7.25. The Hall–Kier alpha value is -3.60. The van der Waals surface area contributed by atoms with Crippen molar-refractivity contribution in [2.24, 2.45) is 5.92 Å². The predicted octanol–water partition coefficient (Wildman–Crippen LogP) is 3.69. The predicted molar refractivity (Wildman–Crippen MR) is 121 cm³/mol. The Morgan fingerprint density at radius 1 is 1.00 bits per heavy atom. The molecule has 1 aliphatic heterocycles. The molecule has 186 valence electrons. The van der Waals surface area contributed by atoms with Crippen molar-refractivity contribution in [3.05, 3.63) is 53.6 Å². The van der Waals surface area contributed by atoms with Gasteiger partial charge in [0, 0.05) is 24.7 Å². The molecule has 0 spiro atoms. The fraction of sp³-hybridized carbons (Fsp3) is 0.375. The van der Waals surface area contributed by atoms with Crippen LogP contribution in [0.5, 0.6) is 0 Å². The molecule has 0 atom stereocenters. The third-order valence-electron chi connectivity index (χ3n) is 5.62. The number of morpholine rings is 1. The first-order chi connectivity index (χ1) is 16.7. The van der Waals surface area contributed by atoms with Crippen LogP contribution in [0.1, 0.15) is 28.8 Å². The molecule has 2 aromatic rings. The van der Waals surface area contributed by atoms with Crippen LogP contribution in [0.15, 0.2) is 42.5 Å². The van der Waals surface area contributed by atoms with Crippen molar-refractivity contribution in [3.8, 4) is 0 Å². The lowest BCUT2D eigenvalue weighted by atomic mass is 10.1. The summed E-state index contributed by atoms with van der Waals surface area (Å²) in [5.41, 5.74) is 0.186. The number of carbonyl (C=O) groups excluding carboxylic acids is 3. The molecule has 0 bridgehead atoms. The van der Waals surface area contributed by atoms with Crippen molar-refractivity contribution in [1.82, 2.24) is 0 Å². The molecule has 4 rings (SSSR count). The number of nitrogens with one attached hydrogen (secondary N) is 2. The highest BCUT2D eigenvalue weighted by Gasteiger charge is 2.32. The Morgan fingerprint density at radius 2 is 1.69 bits per heavy atom. The van der Waals surface area contributed by atoms with E-state index in [1.54, 1.807) is 12.1 Å². The van der Waals surface area contributed by atoms with E-state index in [9.17, 15) is 27.6 Å². The number of ether oxygens (including phenoxy) is 2. The Morgan fingerprint density at radius 3 is 2.31 bits per heavy atom. The molecule has 1 aliphatic carbocycles. The summed E-state index contributed by atoms with van der Waals surface area (Å²) in [5.74, 6) is -1.58. The Labute approximate surface area is 199 Å². The number of rotatable bonds is 7. The third-order valence-corrected chi connectivity index (χ3v) is 5.62. The molecule has 0 aromatic heterocycles. The summed E-state index contributed by atoms with van der Waals surface area (Å²) in [6, 6.07) is 9.12. The SMILES string of the molecule is O=C(COC(=O)c1ccc(NC(=O)C2CC2)cc1)Nc1cc(C(F)(F)F)ccc1N1CCOCC1. The van der Waals surface area contributed by atoms with E-state index < -0.39 is 30.2 Å². The van der Waals surface area contributed by atoms with Crippen molar-refractivity contribution in [2.75, 3.05) is 48.4 Å². The normalized spacial score (nSPS) is 15.9. The quantitative estimate of drug-likeness (QED) is 0.574. The second-order valence-corrected chi connectivity index (χ2v) is 8.29. The monoisotopic (exact) mass is 491 g/mol. The van der Waals surface area contributed by atoms with Crippen LogP contribution in [0.4, 0.5) is 30.2 Å². The number of nitrogens with zero attached hydrogens (tertiary/aromatic N) is 1. The van der Waals surface area contributed by atoms with Gasteiger partial charge in [-0.1, -0.05) is 0 Å². The molecule has 11 heteroatoms. The summed E-state index contributed by atoms with van der Waals surface area (Å²) in [5, 5.41) is 5.18. The zero-order valence-electron chi connectivity index (χ0n) is 18.7. The van der Waals surface area contributed by atoms with Crippen molar-refractivity contribution >= 4 is 34.8 Å². The summed E-state index contributed by atoms with van der Waals surface area (Å²) < 4.78 is 50.0. The standard InChI is InChI=1S/C24H24F3N3O5/c25-24(26,27)17-5-8-20(30-9-11-34-12-10-30)19(13-17)29-21(31)14-35-23(33)16-3-6-18(7-4-16)28-22(32)15-1-2-15/h3-8,13,15H,1-2,9-12,14H2,(H,28,32)(H,29,31). The van der Waals surface area contributed by atoms with Crippen LogP contribution in [0.2, 0.25) is 0 Å². The molecule has 0 unspecified atom stereocenters. The molecule has 2 aliphatic rings. The molecule has 2 aromatic carbocycles. The number of halogens is 3. The summed E-state index contributed by atoms with van der Waals surface area (Å²) in [7, 11) is 0. The van der Waals surface area contributed by atoms with Crippen LogP contribution in [0.3, 0.4) is 0 Å². The first-order valence-electron chi connectivity index (χ1n) is 11.1. The number of carbonyl (C=O) groups is 3. The van der Waals surface area contributed by atoms with Gasteiger partial charge < -0.3 is 25.0 Å². The molecule has 2 amide bonds. The van der Waals surface area contributed by atoms with Gasteiger partial charge in [0.1, 0.15) is 0 Å². The van der Waals surface area contributed by atoms with E-state index in [4.69, 9.17) is 9.47 Å². The van der Waals surface area contributed by atoms with Crippen molar-refractivity contribution in [1.29, 1.82) is 0 Å². The number of hydrogen-bond acceptors (Lipinski definition) is 6. The minimum absolute atomic E-state index is 0.0291. The molecule has 35 heavy (non-hydrogen) atoms. The van der Waals surface area contributed by atoms with Crippen LogP contribution in [-0.2, 0) is 25.2 Å². The average Bonchev–Trinajstić information content (AvgIpc) is 3.69. The van der Waals surface area contributed by atoms with Gasteiger partial charge in [-0.15, -0.1) is 0 Å². The maximum absolute atomic E-state index is 13.2. The smallest absolute Gasteiger partial charge is 0.416 e. The van der Waals surface area contributed by atoms with Crippen LogP contribution in [0.25, 0.3) is 0 Å². The number of anilines is 3.